The van der Waals surface area contributed by atoms with Gasteiger partial charge in [-0.3, -0.25) is 4.68 Å². The molecule has 0 bridgehead atoms. The van der Waals surface area contributed by atoms with Gasteiger partial charge in [0.15, 0.2) is 0 Å². The van der Waals surface area contributed by atoms with Crippen LogP contribution in [0.2, 0.25) is 0 Å². The van der Waals surface area contributed by atoms with Crippen molar-refractivity contribution >= 4 is 6.03 Å². The van der Waals surface area contributed by atoms with Gasteiger partial charge < -0.3 is 15.4 Å². The number of carbonyl (C=O) groups is 1. The van der Waals surface area contributed by atoms with Crippen molar-refractivity contribution in [1.82, 2.24) is 20.4 Å². The summed E-state index contributed by atoms with van der Waals surface area (Å²) in [4.78, 5) is 12.0. The molecule has 0 spiro atoms. The average molecular weight is 330 g/mol. The van der Waals surface area contributed by atoms with Gasteiger partial charge in [0, 0.05) is 18.3 Å². The van der Waals surface area contributed by atoms with Crippen molar-refractivity contribution in [3.63, 3.8) is 0 Å². The van der Waals surface area contributed by atoms with Crippen molar-refractivity contribution in [2.24, 2.45) is 0 Å². The lowest BCUT2D eigenvalue weighted by molar-refractivity contribution is 0.236. The van der Waals surface area contributed by atoms with Gasteiger partial charge in [0.05, 0.1) is 19.3 Å². The van der Waals surface area contributed by atoms with E-state index in [4.69, 9.17) is 4.74 Å². The number of aromatic nitrogens is 2. The normalized spacial score (nSPS) is 11.8. The number of benzene rings is 1. The van der Waals surface area contributed by atoms with E-state index in [2.05, 4.69) is 15.7 Å². The molecule has 130 valence electrons. The third-order valence-corrected chi connectivity index (χ3v) is 3.79. The molecule has 0 saturated carbocycles. The molecule has 6 nitrogen and oxygen atoms in total. The fourth-order valence-corrected chi connectivity index (χ4v) is 2.55. The molecule has 6 heteroatoms. The molecule has 1 aromatic carbocycles. The molecule has 0 radical (unpaired) electrons. The minimum absolute atomic E-state index is 0.00369. The number of hydrogen-bond acceptors (Lipinski definition) is 3. The number of aryl methyl sites for hydroxylation is 2. The summed E-state index contributed by atoms with van der Waals surface area (Å²) in [6.07, 6.45) is 0.781. The number of amides is 2. The molecule has 1 unspecified atom stereocenters. The van der Waals surface area contributed by atoms with Gasteiger partial charge in [-0.1, -0.05) is 12.1 Å². The average Bonchev–Trinajstić information content (AvgIpc) is 2.85. The predicted octanol–water partition coefficient (Wildman–Crippen LogP) is 2.44. The minimum Gasteiger partial charge on any atom is -0.497 e. The number of hydrogen-bond donors (Lipinski definition) is 2. The number of methoxy groups -OCH3 is 1. The summed E-state index contributed by atoms with van der Waals surface area (Å²) < 4.78 is 7.04. The van der Waals surface area contributed by atoms with E-state index < -0.39 is 0 Å². The van der Waals surface area contributed by atoms with Crippen LogP contribution in [-0.4, -0.2) is 35.5 Å². The summed E-state index contributed by atoms with van der Waals surface area (Å²) in [7, 11) is 1.65. The Morgan fingerprint density at radius 2 is 2.00 bits per heavy atom. The highest BCUT2D eigenvalue weighted by molar-refractivity contribution is 5.74. The van der Waals surface area contributed by atoms with Gasteiger partial charge in [0.1, 0.15) is 5.75 Å². The Morgan fingerprint density at radius 3 is 2.58 bits per heavy atom. The molecule has 0 aliphatic heterocycles. The van der Waals surface area contributed by atoms with Crippen molar-refractivity contribution in [3.05, 3.63) is 47.3 Å². The maximum atomic E-state index is 12.0. The Labute approximate surface area is 143 Å². The number of urea groups is 1. The molecule has 1 atom stereocenters. The van der Waals surface area contributed by atoms with E-state index in [1.54, 1.807) is 7.11 Å². The van der Waals surface area contributed by atoms with E-state index in [1.807, 2.05) is 55.8 Å². The van der Waals surface area contributed by atoms with Crippen LogP contribution >= 0.6 is 0 Å². The Kier molecular flexibility index (Phi) is 6.23. The van der Waals surface area contributed by atoms with Crippen molar-refractivity contribution in [1.29, 1.82) is 0 Å². The largest absolute Gasteiger partial charge is 0.497 e. The van der Waals surface area contributed by atoms with Crippen LogP contribution in [0.1, 0.15) is 23.9 Å². The van der Waals surface area contributed by atoms with Crippen LogP contribution < -0.4 is 15.4 Å². The fourth-order valence-electron chi connectivity index (χ4n) is 2.55. The number of rotatable bonds is 7. The molecule has 0 fully saturated rings. The summed E-state index contributed by atoms with van der Waals surface area (Å²) in [5, 5.41) is 10.2. The Balaban J connectivity index is 1.71. The van der Waals surface area contributed by atoms with Gasteiger partial charge in [-0.25, -0.2) is 4.79 Å². The zero-order chi connectivity index (χ0) is 17.5. The first-order valence-corrected chi connectivity index (χ1v) is 8.16. The summed E-state index contributed by atoms with van der Waals surface area (Å²) in [5.74, 6) is 0.836. The Morgan fingerprint density at radius 1 is 1.29 bits per heavy atom. The van der Waals surface area contributed by atoms with E-state index in [1.165, 1.54) is 0 Å². The molecular weight excluding hydrogens is 304 g/mol. The third kappa shape index (κ3) is 5.30. The Bertz CT molecular complexity index is 664. The molecule has 1 aromatic heterocycles. The van der Waals surface area contributed by atoms with E-state index >= 15 is 0 Å². The van der Waals surface area contributed by atoms with Gasteiger partial charge in [-0.2, -0.15) is 5.10 Å². The van der Waals surface area contributed by atoms with Crippen molar-refractivity contribution < 1.29 is 9.53 Å². The summed E-state index contributed by atoms with van der Waals surface area (Å²) in [5.41, 5.74) is 3.25. The molecule has 2 amide bonds. The molecular formula is C18H26N4O2. The molecule has 2 N–H and O–H groups in total. The lowest BCUT2D eigenvalue weighted by atomic mass is 10.1. The minimum atomic E-state index is -0.155. The number of nitrogens with one attached hydrogen (secondary N) is 2. The maximum Gasteiger partial charge on any atom is 0.315 e. The van der Waals surface area contributed by atoms with Gasteiger partial charge in [0.2, 0.25) is 0 Å². The maximum absolute atomic E-state index is 12.0. The first kappa shape index (κ1) is 17.8. The smallest absolute Gasteiger partial charge is 0.315 e. The van der Waals surface area contributed by atoms with E-state index in [-0.39, 0.29) is 12.1 Å². The van der Waals surface area contributed by atoms with Crippen molar-refractivity contribution in [2.45, 2.75) is 39.8 Å². The molecule has 0 aliphatic rings. The lowest BCUT2D eigenvalue weighted by Crippen LogP contribution is -2.43. The summed E-state index contributed by atoms with van der Waals surface area (Å²) in [6, 6.07) is 9.73. The SMILES string of the molecule is COc1ccc(CCNC(=O)NC(C)Cn2nc(C)cc2C)cc1. The van der Waals surface area contributed by atoms with Crippen LogP contribution in [0.15, 0.2) is 30.3 Å². The van der Waals surface area contributed by atoms with Crippen LogP contribution in [-0.2, 0) is 13.0 Å². The van der Waals surface area contributed by atoms with Crippen LogP contribution in [0.25, 0.3) is 0 Å². The molecule has 0 saturated heterocycles. The van der Waals surface area contributed by atoms with Crippen LogP contribution in [0.3, 0.4) is 0 Å². The van der Waals surface area contributed by atoms with Gasteiger partial charge in [-0.15, -0.1) is 0 Å². The fraction of sp³-hybridized carbons (Fsp3) is 0.444. The van der Waals surface area contributed by atoms with E-state index in [0.717, 1.165) is 29.1 Å². The standard InChI is InChI=1S/C18H26N4O2/c1-13-11-15(3)22(21-13)12-14(2)20-18(23)19-10-9-16-5-7-17(24-4)8-6-16/h5-8,11,14H,9-10,12H2,1-4H3,(H2,19,20,23). The highest BCUT2D eigenvalue weighted by atomic mass is 16.5. The molecule has 1 heterocycles. The van der Waals surface area contributed by atoms with Gasteiger partial charge in [0.25, 0.3) is 0 Å². The van der Waals surface area contributed by atoms with E-state index in [9.17, 15) is 4.79 Å². The zero-order valence-corrected chi connectivity index (χ0v) is 14.8. The van der Waals surface area contributed by atoms with Gasteiger partial charge >= 0.3 is 6.03 Å². The molecule has 0 aliphatic carbocycles. The Hall–Kier alpha value is -2.50. The summed E-state index contributed by atoms with van der Waals surface area (Å²) >= 11 is 0. The monoisotopic (exact) mass is 330 g/mol. The predicted molar refractivity (Wildman–Crippen MR) is 94.4 cm³/mol. The second-order valence-electron chi connectivity index (χ2n) is 6.01. The second kappa shape index (κ2) is 8.38. The van der Waals surface area contributed by atoms with E-state index in [0.29, 0.717) is 13.1 Å². The third-order valence-electron chi connectivity index (χ3n) is 3.79. The van der Waals surface area contributed by atoms with Crippen molar-refractivity contribution in [2.75, 3.05) is 13.7 Å². The number of carbonyl (C=O) groups excluding carboxylic acids is 1. The summed E-state index contributed by atoms with van der Waals surface area (Å²) in [6.45, 7) is 7.20. The number of nitrogens with zero attached hydrogens (tertiary/aromatic N) is 2. The molecule has 2 rings (SSSR count). The second-order valence-corrected chi connectivity index (χ2v) is 6.01. The number of ether oxygens (including phenoxy) is 1. The van der Waals surface area contributed by atoms with Crippen LogP contribution in [0.4, 0.5) is 4.79 Å². The van der Waals surface area contributed by atoms with Crippen LogP contribution in [0, 0.1) is 13.8 Å². The van der Waals surface area contributed by atoms with Gasteiger partial charge in [-0.05, 0) is 51.0 Å². The quantitative estimate of drug-likeness (QED) is 0.819. The molecule has 2 aromatic rings. The molecule has 24 heavy (non-hydrogen) atoms. The topological polar surface area (TPSA) is 68.2 Å². The van der Waals surface area contributed by atoms with Crippen LogP contribution in [0.5, 0.6) is 5.75 Å². The first-order chi connectivity index (χ1) is 11.5. The lowest BCUT2D eigenvalue weighted by Gasteiger charge is -2.15. The zero-order valence-electron chi connectivity index (χ0n) is 14.8. The highest BCUT2D eigenvalue weighted by Gasteiger charge is 2.09. The highest BCUT2D eigenvalue weighted by Crippen LogP contribution is 2.11. The first-order valence-electron chi connectivity index (χ1n) is 8.16. The van der Waals surface area contributed by atoms with Crippen molar-refractivity contribution in [3.8, 4) is 5.75 Å².